The highest BCUT2D eigenvalue weighted by molar-refractivity contribution is 5.89. The van der Waals surface area contributed by atoms with Crippen molar-refractivity contribution >= 4 is 10.9 Å². The Morgan fingerprint density at radius 3 is 2.62 bits per heavy atom. The third-order valence-electron chi connectivity index (χ3n) is 4.73. The summed E-state index contributed by atoms with van der Waals surface area (Å²) in [4.78, 5) is 0. The molecular weight excluding hydrogens is 258 g/mol. The summed E-state index contributed by atoms with van der Waals surface area (Å²) in [6.45, 7) is 0. The van der Waals surface area contributed by atoms with Crippen molar-refractivity contribution in [2.24, 2.45) is 7.05 Å². The van der Waals surface area contributed by atoms with Crippen LogP contribution in [-0.4, -0.2) is 9.67 Å². The van der Waals surface area contributed by atoms with Gasteiger partial charge in [-0.25, -0.2) is 0 Å². The molecule has 4 rings (SSSR count). The van der Waals surface area contributed by atoms with E-state index in [0.29, 0.717) is 0 Å². The number of para-hydroxylation sites is 1. The molecule has 0 spiro atoms. The van der Waals surface area contributed by atoms with Crippen LogP contribution in [0.4, 0.5) is 0 Å². The molecule has 2 heteroatoms. The van der Waals surface area contributed by atoms with Gasteiger partial charge in [-0.3, -0.25) is 0 Å². The summed E-state index contributed by atoms with van der Waals surface area (Å²) in [5.41, 5.74) is 6.08. The minimum absolute atomic E-state index is 0.566. The van der Waals surface area contributed by atoms with Gasteiger partial charge in [0, 0.05) is 23.7 Å². The number of hydrogen-bond donors (Lipinski definition) is 1. The van der Waals surface area contributed by atoms with E-state index >= 15 is 0 Å². The number of aryl methyl sites for hydroxylation is 2. The van der Waals surface area contributed by atoms with Gasteiger partial charge in [0.1, 0.15) is 6.10 Å². The van der Waals surface area contributed by atoms with Gasteiger partial charge >= 0.3 is 0 Å². The van der Waals surface area contributed by atoms with Gasteiger partial charge in [-0.05, 0) is 30.4 Å². The molecular formula is C19H19NO. The van der Waals surface area contributed by atoms with Crippen LogP contribution in [0.25, 0.3) is 10.9 Å². The molecule has 0 amide bonds. The highest BCUT2D eigenvalue weighted by Crippen LogP contribution is 2.37. The summed E-state index contributed by atoms with van der Waals surface area (Å²) < 4.78 is 2.29. The molecule has 106 valence electrons. The van der Waals surface area contributed by atoms with Gasteiger partial charge in [0.15, 0.2) is 0 Å². The third-order valence-corrected chi connectivity index (χ3v) is 4.73. The zero-order valence-electron chi connectivity index (χ0n) is 12.2. The molecule has 0 aliphatic heterocycles. The molecule has 0 bridgehead atoms. The Balaban J connectivity index is 1.94. The van der Waals surface area contributed by atoms with Crippen LogP contribution < -0.4 is 0 Å². The second-order valence-electron chi connectivity index (χ2n) is 5.89. The molecule has 0 fully saturated rings. The second kappa shape index (κ2) is 4.74. The molecule has 1 aliphatic carbocycles. The molecule has 21 heavy (non-hydrogen) atoms. The molecule has 0 saturated carbocycles. The number of benzene rings is 2. The van der Waals surface area contributed by atoms with Crippen LogP contribution in [0.3, 0.4) is 0 Å². The zero-order valence-corrected chi connectivity index (χ0v) is 12.2. The van der Waals surface area contributed by atoms with E-state index in [1.165, 1.54) is 28.6 Å². The minimum atomic E-state index is -0.566. The van der Waals surface area contributed by atoms with Crippen LogP contribution in [0.5, 0.6) is 0 Å². The topological polar surface area (TPSA) is 25.2 Å². The molecule has 1 N–H and O–H groups in total. The van der Waals surface area contributed by atoms with Crippen molar-refractivity contribution < 1.29 is 5.11 Å². The lowest BCUT2D eigenvalue weighted by Crippen LogP contribution is -2.03. The fourth-order valence-corrected chi connectivity index (χ4v) is 3.74. The van der Waals surface area contributed by atoms with Gasteiger partial charge in [0.25, 0.3) is 0 Å². The van der Waals surface area contributed by atoms with Gasteiger partial charge in [0.05, 0.1) is 5.52 Å². The van der Waals surface area contributed by atoms with Crippen LogP contribution in [0.2, 0.25) is 0 Å². The molecule has 1 atom stereocenters. The SMILES string of the molecule is Cn1c2c(c3cccc(C(O)c4ccccc4)c31)CCC2. The smallest absolute Gasteiger partial charge is 0.106 e. The molecule has 1 unspecified atom stereocenters. The average Bonchev–Trinajstić information content (AvgIpc) is 3.11. The molecule has 2 nitrogen and oxygen atoms in total. The molecule has 0 saturated heterocycles. The fraction of sp³-hybridized carbons (Fsp3) is 0.263. The monoisotopic (exact) mass is 277 g/mol. The number of aliphatic hydroxyl groups is 1. The number of nitrogens with zero attached hydrogens (tertiary/aromatic N) is 1. The van der Waals surface area contributed by atoms with Crippen molar-refractivity contribution in [3.8, 4) is 0 Å². The first kappa shape index (κ1) is 12.7. The number of rotatable bonds is 2. The third kappa shape index (κ3) is 1.83. The van der Waals surface area contributed by atoms with Crippen molar-refractivity contribution in [3.63, 3.8) is 0 Å². The summed E-state index contributed by atoms with van der Waals surface area (Å²) in [6.07, 6.45) is 3.00. The predicted molar refractivity (Wildman–Crippen MR) is 85.4 cm³/mol. The summed E-state index contributed by atoms with van der Waals surface area (Å²) >= 11 is 0. The first-order chi connectivity index (χ1) is 10.3. The lowest BCUT2D eigenvalue weighted by Gasteiger charge is -2.14. The van der Waals surface area contributed by atoms with Crippen LogP contribution >= 0.6 is 0 Å². The Labute approximate surface area is 124 Å². The van der Waals surface area contributed by atoms with Gasteiger partial charge in [-0.15, -0.1) is 0 Å². The maximum atomic E-state index is 10.8. The molecule has 0 radical (unpaired) electrons. The van der Waals surface area contributed by atoms with Gasteiger partial charge in [-0.1, -0.05) is 48.5 Å². The lowest BCUT2D eigenvalue weighted by molar-refractivity contribution is 0.221. The van der Waals surface area contributed by atoms with Gasteiger partial charge < -0.3 is 9.67 Å². The summed E-state index contributed by atoms with van der Waals surface area (Å²) in [6, 6.07) is 16.2. The largest absolute Gasteiger partial charge is 0.384 e. The first-order valence-electron chi connectivity index (χ1n) is 7.59. The Morgan fingerprint density at radius 2 is 1.81 bits per heavy atom. The minimum Gasteiger partial charge on any atom is -0.384 e. The second-order valence-corrected chi connectivity index (χ2v) is 5.89. The van der Waals surface area contributed by atoms with E-state index in [1.54, 1.807) is 0 Å². The average molecular weight is 277 g/mol. The fourth-order valence-electron chi connectivity index (χ4n) is 3.74. The molecule has 2 aromatic carbocycles. The van der Waals surface area contributed by atoms with Crippen LogP contribution in [-0.2, 0) is 19.9 Å². The van der Waals surface area contributed by atoms with Crippen molar-refractivity contribution in [1.29, 1.82) is 0 Å². The van der Waals surface area contributed by atoms with Crippen molar-refractivity contribution in [2.45, 2.75) is 25.4 Å². The Hall–Kier alpha value is -2.06. The van der Waals surface area contributed by atoms with Crippen molar-refractivity contribution in [1.82, 2.24) is 4.57 Å². The summed E-state index contributed by atoms with van der Waals surface area (Å²) in [5, 5.41) is 12.1. The van der Waals surface area contributed by atoms with Crippen LogP contribution in [0, 0.1) is 0 Å². The standard InChI is InChI=1S/C19H19NO/c1-20-17-12-6-9-14(17)15-10-5-11-16(18(15)20)19(21)13-7-3-2-4-8-13/h2-5,7-8,10-11,19,21H,6,9,12H2,1H3. The lowest BCUT2D eigenvalue weighted by atomic mass is 9.98. The highest BCUT2D eigenvalue weighted by Gasteiger charge is 2.23. The van der Waals surface area contributed by atoms with Crippen molar-refractivity contribution in [2.75, 3.05) is 0 Å². The van der Waals surface area contributed by atoms with Crippen molar-refractivity contribution in [3.05, 3.63) is 70.9 Å². The Kier molecular flexibility index (Phi) is 2.86. The van der Waals surface area contributed by atoms with Crippen LogP contribution in [0.1, 0.15) is 34.9 Å². The van der Waals surface area contributed by atoms with E-state index in [1.807, 2.05) is 30.3 Å². The Morgan fingerprint density at radius 1 is 1.00 bits per heavy atom. The van der Waals surface area contributed by atoms with E-state index < -0.39 is 6.10 Å². The number of fused-ring (bicyclic) bond motifs is 3. The summed E-state index contributed by atoms with van der Waals surface area (Å²) in [5.74, 6) is 0. The van der Waals surface area contributed by atoms with E-state index in [2.05, 4.69) is 29.8 Å². The molecule has 1 aromatic heterocycles. The number of aliphatic hydroxyl groups excluding tert-OH is 1. The quantitative estimate of drug-likeness (QED) is 0.758. The van der Waals surface area contributed by atoms with E-state index in [9.17, 15) is 5.11 Å². The Bertz CT molecular complexity index is 801. The zero-order chi connectivity index (χ0) is 14.4. The number of hydrogen-bond acceptors (Lipinski definition) is 1. The van der Waals surface area contributed by atoms with Crippen LogP contribution in [0.15, 0.2) is 48.5 Å². The molecule has 3 aromatic rings. The van der Waals surface area contributed by atoms with Gasteiger partial charge in [-0.2, -0.15) is 0 Å². The van der Waals surface area contributed by atoms with E-state index in [4.69, 9.17) is 0 Å². The van der Waals surface area contributed by atoms with Gasteiger partial charge in [0.2, 0.25) is 0 Å². The maximum absolute atomic E-state index is 10.8. The molecule has 1 heterocycles. The maximum Gasteiger partial charge on any atom is 0.106 e. The first-order valence-corrected chi connectivity index (χ1v) is 7.59. The highest BCUT2D eigenvalue weighted by atomic mass is 16.3. The normalized spacial score (nSPS) is 15.3. The predicted octanol–water partition coefficient (Wildman–Crippen LogP) is 3.75. The summed E-state index contributed by atoms with van der Waals surface area (Å²) in [7, 11) is 2.13. The number of aromatic nitrogens is 1. The molecule has 1 aliphatic rings. The van der Waals surface area contributed by atoms with E-state index in [-0.39, 0.29) is 0 Å². The van der Waals surface area contributed by atoms with E-state index in [0.717, 1.165) is 24.0 Å².